The van der Waals surface area contributed by atoms with E-state index in [4.69, 9.17) is 0 Å². The monoisotopic (exact) mass is 282 g/mol. The molecule has 1 heterocycles. The standard InChI is InChI=1S/C14H16F2N2S/c1-9(12-4-3-5-13(15)14(12)16)17-7-6-11-8-19-10(2)18-11/h3-5,8-9,17H,6-7H2,1-2H3. The molecule has 1 aromatic carbocycles. The van der Waals surface area contributed by atoms with Crippen LogP contribution in [-0.4, -0.2) is 11.5 Å². The molecule has 2 nitrogen and oxygen atoms in total. The summed E-state index contributed by atoms with van der Waals surface area (Å²) in [4.78, 5) is 4.36. The summed E-state index contributed by atoms with van der Waals surface area (Å²) in [6.07, 6.45) is 0.783. The van der Waals surface area contributed by atoms with Crippen molar-refractivity contribution in [2.24, 2.45) is 0 Å². The number of hydrogen-bond donors (Lipinski definition) is 1. The number of thiazole rings is 1. The Bertz CT molecular complexity index is 554. The molecule has 1 N–H and O–H groups in total. The van der Waals surface area contributed by atoms with Gasteiger partial charge in [0.05, 0.1) is 10.7 Å². The summed E-state index contributed by atoms with van der Waals surface area (Å²) in [6.45, 7) is 4.47. The normalized spacial score (nSPS) is 12.6. The number of aromatic nitrogens is 1. The molecule has 2 rings (SSSR count). The van der Waals surface area contributed by atoms with Gasteiger partial charge >= 0.3 is 0 Å². The Hall–Kier alpha value is -1.33. The first-order valence-electron chi connectivity index (χ1n) is 6.16. The van der Waals surface area contributed by atoms with Crippen molar-refractivity contribution in [1.29, 1.82) is 0 Å². The molecule has 0 bridgehead atoms. The first-order chi connectivity index (χ1) is 9.08. The second-order valence-corrected chi connectivity index (χ2v) is 5.49. The molecule has 0 aliphatic rings. The molecule has 0 fully saturated rings. The molecule has 5 heteroatoms. The highest BCUT2D eigenvalue weighted by atomic mass is 32.1. The summed E-state index contributed by atoms with van der Waals surface area (Å²) in [5.41, 5.74) is 1.39. The van der Waals surface area contributed by atoms with Crippen molar-refractivity contribution in [3.8, 4) is 0 Å². The average molecular weight is 282 g/mol. The second-order valence-electron chi connectivity index (χ2n) is 4.43. The second kappa shape index (κ2) is 6.21. The molecule has 0 saturated carbocycles. The largest absolute Gasteiger partial charge is 0.310 e. The molecule has 0 amide bonds. The smallest absolute Gasteiger partial charge is 0.163 e. The zero-order chi connectivity index (χ0) is 13.8. The first-order valence-corrected chi connectivity index (χ1v) is 7.04. The maximum absolute atomic E-state index is 13.6. The van der Waals surface area contributed by atoms with Crippen LogP contribution in [0.1, 0.15) is 29.2 Å². The molecule has 1 aromatic heterocycles. The summed E-state index contributed by atoms with van der Waals surface area (Å²) >= 11 is 1.62. The molecule has 19 heavy (non-hydrogen) atoms. The average Bonchev–Trinajstić information content (AvgIpc) is 2.78. The van der Waals surface area contributed by atoms with E-state index in [1.54, 1.807) is 17.4 Å². The predicted molar refractivity (Wildman–Crippen MR) is 73.3 cm³/mol. The Morgan fingerprint density at radius 1 is 1.37 bits per heavy atom. The van der Waals surface area contributed by atoms with Crippen LogP contribution in [0.25, 0.3) is 0 Å². The third-order valence-corrected chi connectivity index (χ3v) is 3.77. The van der Waals surface area contributed by atoms with Gasteiger partial charge in [0.2, 0.25) is 0 Å². The van der Waals surface area contributed by atoms with Crippen LogP contribution >= 0.6 is 11.3 Å². The van der Waals surface area contributed by atoms with Crippen molar-refractivity contribution in [2.75, 3.05) is 6.54 Å². The number of benzene rings is 1. The number of rotatable bonds is 5. The molecular formula is C14H16F2N2S. The quantitative estimate of drug-likeness (QED) is 0.906. The number of hydrogen-bond acceptors (Lipinski definition) is 3. The van der Waals surface area contributed by atoms with E-state index in [1.807, 2.05) is 19.2 Å². The highest BCUT2D eigenvalue weighted by Crippen LogP contribution is 2.18. The van der Waals surface area contributed by atoms with E-state index in [1.165, 1.54) is 6.07 Å². The van der Waals surface area contributed by atoms with Gasteiger partial charge in [-0.3, -0.25) is 0 Å². The minimum Gasteiger partial charge on any atom is -0.310 e. The van der Waals surface area contributed by atoms with E-state index in [0.717, 1.165) is 23.2 Å². The maximum atomic E-state index is 13.6. The number of nitrogens with zero attached hydrogens (tertiary/aromatic N) is 1. The first kappa shape index (κ1) is 14.1. The van der Waals surface area contributed by atoms with Gasteiger partial charge in [-0.1, -0.05) is 12.1 Å². The van der Waals surface area contributed by atoms with Crippen molar-refractivity contribution in [2.45, 2.75) is 26.3 Å². The van der Waals surface area contributed by atoms with E-state index >= 15 is 0 Å². The molecular weight excluding hydrogens is 266 g/mol. The third kappa shape index (κ3) is 3.58. The molecule has 0 aliphatic carbocycles. The molecule has 0 spiro atoms. The molecule has 0 radical (unpaired) electrons. The molecule has 1 atom stereocenters. The van der Waals surface area contributed by atoms with Crippen molar-refractivity contribution in [1.82, 2.24) is 10.3 Å². The SMILES string of the molecule is Cc1nc(CCNC(C)c2cccc(F)c2F)cs1. The van der Waals surface area contributed by atoms with Crippen molar-refractivity contribution < 1.29 is 8.78 Å². The van der Waals surface area contributed by atoms with Gasteiger partial charge in [0.15, 0.2) is 11.6 Å². The zero-order valence-corrected chi connectivity index (χ0v) is 11.7. The van der Waals surface area contributed by atoms with Crippen LogP contribution in [0.15, 0.2) is 23.6 Å². The van der Waals surface area contributed by atoms with Gasteiger partial charge in [0, 0.05) is 30.0 Å². The maximum Gasteiger partial charge on any atom is 0.163 e. The van der Waals surface area contributed by atoms with Gasteiger partial charge < -0.3 is 5.32 Å². The van der Waals surface area contributed by atoms with Gasteiger partial charge in [-0.25, -0.2) is 13.8 Å². The van der Waals surface area contributed by atoms with Crippen LogP contribution in [0.3, 0.4) is 0 Å². The fourth-order valence-electron chi connectivity index (χ4n) is 1.90. The van der Waals surface area contributed by atoms with Gasteiger partial charge in [-0.05, 0) is 19.9 Å². The Kier molecular flexibility index (Phi) is 4.61. The minimum atomic E-state index is -0.804. The van der Waals surface area contributed by atoms with Gasteiger partial charge in [0.1, 0.15) is 0 Å². The lowest BCUT2D eigenvalue weighted by Crippen LogP contribution is -2.22. The molecule has 1 unspecified atom stereocenters. The molecule has 102 valence electrons. The van der Waals surface area contributed by atoms with Crippen LogP contribution in [0.5, 0.6) is 0 Å². The topological polar surface area (TPSA) is 24.9 Å². The lowest BCUT2D eigenvalue weighted by atomic mass is 10.1. The highest BCUT2D eigenvalue weighted by Gasteiger charge is 2.13. The number of halogens is 2. The van der Waals surface area contributed by atoms with Crippen LogP contribution in [0.2, 0.25) is 0 Å². The zero-order valence-electron chi connectivity index (χ0n) is 10.9. The fourth-order valence-corrected chi connectivity index (χ4v) is 2.55. The van der Waals surface area contributed by atoms with E-state index in [9.17, 15) is 8.78 Å². The summed E-state index contributed by atoms with van der Waals surface area (Å²) in [5.74, 6) is -1.58. The lowest BCUT2D eigenvalue weighted by molar-refractivity contribution is 0.473. The Morgan fingerprint density at radius 2 is 2.16 bits per heavy atom. The van der Waals surface area contributed by atoms with Crippen molar-refractivity contribution in [3.63, 3.8) is 0 Å². The summed E-state index contributed by atoms with van der Waals surface area (Å²) in [5, 5.41) is 6.24. The van der Waals surface area contributed by atoms with Gasteiger partial charge in [-0.2, -0.15) is 0 Å². The van der Waals surface area contributed by atoms with Crippen LogP contribution < -0.4 is 5.32 Å². The number of nitrogens with one attached hydrogen (secondary N) is 1. The lowest BCUT2D eigenvalue weighted by Gasteiger charge is -2.14. The van der Waals surface area contributed by atoms with Crippen LogP contribution in [0.4, 0.5) is 8.78 Å². The van der Waals surface area contributed by atoms with Crippen LogP contribution in [0, 0.1) is 18.6 Å². The Balaban J connectivity index is 1.90. The highest BCUT2D eigenvalue weighted by molar-refractivity contribution is 7.09. The van der Waals surface area contributed by atoms with E-state index < -0.39 is 11.6 Å². The third-order valence-electron chi connectivity index (χ3n) is 2.95. The fraction of sp³-hybridized carbons (Fsp3) is 0.357. The number of aryl methyl sites for hydroxylation is 1. The summed E-state index contributed by atoms with van der Waals surface area (Å²) in [7, 11) is 0. The predicted octanol–water partition coefficient (Wildman–Crippen LogP) is 3.62. The van der Waals surface area contributed by atoms with E-state index in [2.05, 4.69) is 10.3 Å². The van der Waals surface area contributed by atoms with E-state index in [0.29, 0.717) is 12.1 Å². The van der Waals surface area contributed by atoms with E-state index in [-0.39, 0.29) is 6.04 Å². The minimum absolute atomic E-state index is 0.226. The summed E-state index contributed by atoms with van der Waals surface area (Å²) < 4.78 is 26.7. The molecule has 0 saturated heterocycles. The summed E-state index contributed by atoms with van der Waals surface area (Å²) in [6, 6.07) is 4.03. The van der Waals surface area contributed by atoms with Crippen LogP contribution in [-0.2, 0) is 6.42 Å². The van der Waals surface area contributed by atoms with Crippen molar-refractivity contribution >= 4 is 11.3 Å². The van der Waals surface area contributed by atoms with Gasteiger partial charge in [0.25, 0.3) is 0 Å². The molecule has 2 aromatic rings. The molecule has 0 aliphatic heterocycles. The van der Waals surface area contributed by atoms with Crippen molar-refractivity contribution in [3.05, 3.63) is 51.5 Å². The Labute approximate surface area is 115 Å². The van der Waals surface area contributed by atoms with Gasteiger partial charge in [-0.15, -0.1) is 11.3 Å². The Morgan fingerprint density at radius 3 is 2.84 bits per heavy atom.